The average Bonchev–Trinajstić information content (AvgIpc) is 3.24. The number of fused-ring (bicyclic) bond motifs is 1. The van der Waals surface area contributed by atoms with E-state index in [2.05, 4.69) is 33.8 Å². The van der Waals surface area contributed by atoms with Gasteiger partial charge in [0.25, 0.3) is 0 Å². The van der Waals surface area contributed by atoms with E-state index in [1.807, 2.05) is 11.0 Å². The molecule has 1 unspecified atom stereocenters. The highest BCUT2D eigenvalue weighted by molar-refractivity contribution is 7.17. The first kappa shape index (κ1) is 15.9. The molecule has 0 radical (unpaired) electrons. The molecule has 1 aromatic carbocycles. The molecule has 2 aliphatic heterocycles. The van der Waals surface area contributed by atoms with Crippen LogP contribution in [0.3, 0.4) is 0 Å². The van der Waals surface area contributed by atoms with Crippen molar-refractivity contribution >= 4 is 33.1 Å². The van der Waals surface area contributed by atoms with Crippen LogP contribution in [-0.2, 0) is 4.74 Å². The Morgan fingerprint density at radius 2 is 2.12 bits per heavy atom. The van der Waals surface area contributed by atoms with Gasteiger partial charge >= 0.3 is 6.03 Å². The zero-order valence-electron chi connectivity index (χ0n) is 13.7. The molecule has 0 bridgehead atoms. The van der Waals surface area contributed by atoms with Crippen molar-refractivity contribution in [2.45, 2.75) is 18.9 Å². The number of thiophene rings is 1. The topological polar surface area (TPSA) is 44.8 Å². The summed E-state index contributed by atoms with van der Waals surface area (Å²) in [5.41, 5.74) is 0.878. The predicted molar refractivity (Wildman–Crippen MR) is 97.8 cm³/mol. The summed E-state index contributed by atoms with van der Waals surface area (Å²) in [6.07, 6.45) is 2.18. The molecule has 2 fully saturated rings. The summed E-state index contributed by atoms with van der Waals surface area (Å²) in [5.74, 6) is 0. The molecule has 2 amide bonds. The van der Waals surface area contributed by atoms with E-state index >= 15 is 0 Å². The lowest BCUT2D eigenvalue weighted by atomic mass is 10.2. The largest absolute Gasteiger partial charge is 0.379 e. The second kappa shape index (κ2) is 7.09. The molecule has 1 aromatic heterocycles. The first-order valence-electron chi connectivity index (χ1n) is 8.64. The number of amides is 2. The van der Waals surface area contributed by atoms with Gasteiger partial charge in [0.2, 0.25) is 0 Å². The Morgan fingerprint density at radius 3 is 3.00 bits per heavy atom. The Balaban J connectivity index is 1.40. The molecule has 128 valence electrons. The van der Waals surface area contributed by atoms with Crippen LogP contribution < -0.4 is 5.32 Å². The quantitative estimate of drug-likeness (QED) is 0.929. The van der Waals surface area contributed by atoms with E-state index in [0.717, 1.165) is 57.9 Å². The van der Waals surface area contributed by atoms with Gasteiger partial charge in [-0.3, -0.25) is 4.90 Å². The third kappa shape index (κ3) is 3.41. The lowest BCUT2D eigenvalue weighted by Crippen LogP contribution is -2.47. The molecule has 2 saturated heterocycles. The van der Waals surface area contributed by atoms with Crippen LogP contribution in [0.25, 0.3) is 10.1 Å². The summed E-state index contributed by atoms with van der Waals surface area (Å²) in [6.45, 7) is 5.36. The summed E-state index contributed by atoms with van der Waals surface area (Å²) in [7, 11) is 0. The zero-order valence-corrected chi connectivity index (χ0v) is 14.6. The minimum Gasteiger partial charge on any atom is -0.379 e. The van der Waals surface area contributed by atoms with Crippen LogP contribution in [0, 0.1) is 0 Å². The fraction of sp³-hybridized carbons (Fsp3) is 0.500. The van der Waals surface area contributed by atoms with Crippen molar-refractivity contribution in [2.75, 3.05) is 44.7 Å². The number of hydrogen-bond acceptors (Lipinski definition) is 4. The number of urea groups is 1. The highest BCUT2D eigenvalue weighted by Crippen LogP contribution is 2.25. The number of carbonyl (C=O) groups is 1. The van der Waals surface area contributed by atoms with Gasteiger partial charge in [-0.05, 0) is 47.9 Å². The smallest absolute Gasteiger partial charge is 0.322 e. The molecule has 1 N–H and O–H groups in total. The summed E-state index contributed by atoms with van der Waals surface area (Å²) < 4.78 is 6.66. The van der Waals surface area contributed by atoms with E-state index in [4.69, 9.17) is 4.74 Å². The Labute approximate surface area is 146 Å². The lowest BCUT2D eigenvalue weighted by molar-refractivity contribution is 0.0296. The van der Waals surface area contributed by atoms with E-state index in [9.17, 15) is 4.79 Å². The maximum atomic E-state index is 12.7. The van der Waals surface area contributed by atoms with Crippen molar-refractivity contribution in [3.8, 4) is 0 Å². The molecule has 24 heavy (non-hydrogen) atoms. The Hall–Kier alpha value is -1.63. The van der Waals surface area contributed by atoms with Gasteiger partial charge in [-0.2, -0.15) is 0 Å². The van der Waals surface area contributed by atoms with Crippen LogP contribution >= 0.6 is 11.3 Å². The Kier molecular flexibility index (Phi) is 4.69. The van der Waals surface area contributed by atoms with Crippen molar-refractivity contribution in [3.63, 3.8) is 0 Å². The van der Waals surface area contributed by atoms with Gasteiger partial charge in [-0.15, -0.1) is 11.3 Å². The molecule has 5 nitrogen and oxygen atoms in total. The number of morpholine rings is 1. The van der Waals surface area contributed by atoms with E-state index in [1.165, 1.54) is 10.1 Å². The van der Waals surface area contributed by atoms with Crippen LogP contribution in [0.2, 0.25) is 0 Å². The number of carbonyl (C=O) groups excluding carboxylic acids is 1. The highest BCUT2D eigenvalue weighted by Gasteiger charge is 2.30. The number of ether oxygens (including phenoxy) is 1. The molecule has 2 aliphatic rings. The first-order valence-corrected chi connectivity index (χ1v) is 9.52. The molecule has 2 aromatic rings. The monoisotopic (exact) mass is 345 g/mol. The second-order valence-corrected chi connectivity index (χ2v) is 7.45. The van der Waals surface area contributed by atoms with E-state index in [0.29, 0.717) is 6.04 Å². The summed E-state index contributed by atoms with van der Waals surface area (Å²) in [5, 5.41) is 6.34. The summed E-state index contributed by atoms with van der Waals surface area (Å²) in [6, 6.07) is 8.55. The van der Waals surface area contributed by atoms with Gasteiger partial charge in [0.1, 0.15) is 0 Å². The molecule has 3 heterocycles. The van der Waals surface area contributed by atoms with Crippen LogP contribution in [-0.4, -0.2) is 61.3 Å². The lowest BCUT2D eigenvalue weighted by Gasteiger charge is -2.32. The first-order chi connectivity index (χ1) is 11.8. The van der Waals surface area contributed by atoms with Gasteiger partial charge in [0.15, 0.2) is 0 Å². The molecular weight excluding hydrogens is 322 g/mol. The fourth-order valence-corrected chi connectivity index (χ4v) is 4.39. The number of nitrogens with one attached hydrogen (secondary N) is 1. The van der Waals surface area contributed by atoms with Crippen molar-refractivity contribution in [1.82, 2.24) is 9.80 Å². The maximum absolute atomic E-state index is 12.7. The fourth-order valence-electron chi connectivity index (χ4n) is 3.61. The normalized spacial score (nSPS) is 22.2. The van der Waals surface area contributed by atoms with Crippen molar-refractivity contribution < 1.29 is 9.53 Å². The molecule has 6 heteroatoms. The Morgan fingerprint density at radius 1 is 1.25 bits per heavy atom. The number of likely N-dealkylation sites (tertiary alicyclic amines) is 1. The van der Waals surface area contributed by atoms with Crippen molar-refractivity contribution in [1.29, 1.82) is 0 Å². The third-order valence-electron chi connectivity index (χ3n) is 4.91. The molecule has 0 spiro atoms. The predicted octanol–water partition coefficient (Wildman–Crippen LogP) is 3.23. The van der Waals surface area contributed by atoms with Gasteiger partial charge < -0.3 is 15.0 Å². The highest BCUT2D eigenvalue weighted by atomic mass is 32.1. The van der Waals surface area contributed by atoms with Gasteiger partial charge in [0, 0.05) is 42.6 Å². The minimum absolute atomic E-state index is 0.0281. The van der Waals surface area contributed by atoms with Crippen molar-refractivity contribution in [3.05, 3.63) is 29.6 Å². The number of hydrogen-bond donors (Lipinski definition) is 1. The van der Waals surface area contributed by atoms with E-state index < -0.39 is 0 Å². The number of nitrogens with zero attached hydrogens (tertiary/aromatic N) is 2. The molecule has 0 saturated carbocycles. The number of rotatable bonds is 3. The van der Waals surface area contributed by atoms with Crippen molar-refractivity contribution in [2.24, 2.45) is 0 Å². The number of anilines is 1. The summed E-state index contributed by atoms with van der Waals surface area (Å²) in [4.78, 5) is 17.1. The molecular formula is C18H23N3O2S. The van der Waals surface area contributed by atoms with Gasteiger partial charge in [0.05, 0.1) is 13.2 Å². The van der Waals surface area contributed by atoms with E-state index in [-0.39, 0.29) is 6.03 Å². The second-order valence-electron chi connectivity index (χ2n) is 6.51. The number of benzene rings is 1. The SMILES string of the molecule is O=C(Nc1ccc2sccc2c1)N1CCCC1CN1CCOCC1. The molecule has 0 aliphatic carbocycles. The standard InChI is InChI=1S/C18H23N3O2S/c22-18(19-15-3-4-17-14(12-15)5-11-24-17)21-6-1-2-16(21)13-20-7-9-23-10-8-20/h3-5,11-12,16H,1-2,6-10,13H2,(H,19,22). The van der Waals surface area contributed by atoms with Crippen LogP contribution in [0.15, 0.2) is 29.6 Å². The van der Waals surface area contributed by atoms with Crippen LogP contribution in [0.4, 0.5) is 10.5 Å². The maximum Gasteiger partial charge on any atom is 0.322 e. The van der Waals surface area contributed by atoms with E-state index in [1.54, 1.807) is 11.3 Å². The molecule has 1 atom stereocenters. The van der Waals surface area contributed by atoms with Gasteiger partial charge in [-0.1, -0.05) is 0 Å². The minimum atomic E-state index is 0.0281. The zero-order chi connectivity index (χ0) is 16.4. The Bertz CT molecular complexity index is 711. The third-order valence-corrected chi connectivity index (χ3v) is 5.81. The van der Waals surface area contributed by atoms with Crippen LogP contribution in [0.5, 0.6) is 0 Å². The average molecular weight is 345 g/mol. The summed E-state index contributed by atoms with van der Waals surface area (Å²) >= 11 is 1.72. The van der Waals surface area contributed by atoms with Crippen LogP contribution in [0.1, 0.15) is 12.8 Å². The molecule has 4 rings (SSSR count). The van der Waals surface area contributed by atoms with Gasteiger partial charge in [-0.25, -0.2) is 4.79 Å².